The summed E-state index contributed by atoms with van der Waals surface area (Å²) in [6, 6.07) is 13.4. The van der Waals surface area contributed by atoms with Gasteiger partial charge in [0.25, 0.3) is 0 Å². The van der Waals surface area contributed by atoms with Crippen molar-refractivity contribution in [3.8, 4) is 0 Å². The van der Waals surface area contributed by atoms with Crippen LogP contribution >= 0.6 is 0 Å². The summed E-state index contributed by atoms with van der Waals surface area (Å²) in [4.78, 5) is 12.0. The molecule has 0 saturated carbocycles. The van der Waals surface area contributed by atoms with Crippen LogP contribution in [0.25, 0.3) is 10.8 Å². The van der Waals surface area contributed by atoms with Crippen LogP contribution < -0.4 is 16.0 Å². The van der Waals surface area contributed by atoms with Gasteiger partial charge in [0, 0.05) is 18.5 Å². The number of anilines is 1. The Balaban J connectivity index is 1.66. The minimum absolute atomic E-state index is 0.247. The Kier molecular flexibility index (Phi) is 3.77. The summed E-state index contributed by atoms with van der Waals surface area (Å²) in [5.74, 6) is 0. The van der Waals surface area contributed by atoms with Crippen molar-refractivity contribution in [3.63, 3.8) is 0 Å². The molecule has 1 unspecified atom stereocenters. The van der Waals surface area contributed by atoms with E-state index in [1.807, 2.05) is 42.5 Å². The van der Waals surface area contributed by atoms with Crippen LogP contribution in [-0.2, 0) is 0 Å². The number of nitrogens with one attached hydrogen (secondary N) is 3. The molecular weight excluding hydrogens is 266 g/mol. The largest absolute Gasteiger partial charge is 0.387 e. The third-order valence-electron chi connectivity index (χ3n) is 3.84. The highest BCUT2D eigenvalue weighted by Gasteiger charge is 2.31. The second kappa shape index (κ2) is 5.71. The topological polar surface area (TPSA) is 73.4 Å². The Bertz CT molecular complexity index is 646. The maximum Gasteiger partial charge on any atom is 0.319 e. The predicted molar refractivity (Wildman–Crippen MR) is 83.4 cm³/mol. The maximum atomic E-state index is 12.0. The fourth-order valence-corrected chi connectivity index (χ4v) is 2.63. The number of carbonyl (C=O) groups is 1. The van der Waals surface area contributed by atoms with E-state index in [1.165, 1.54) is 0 Å². The standard InChI is InChI=1S/C16H19N3O2/c20-15(18-11-16(21)8-9-17-10-16)19-14-7-3-5-12-4-1-2-6-13(12)14/h1-7,17,21H,8-11H2,(H2,18,19,20). The lowest BCUT2D eigenvalue weighted by Gasteiger charge is -2.21. The fraction of sp³-hybridized carbons (Fsp3) is 0.312. The van der Waals surface area contributed by atoms with Crippen LogP contribution in [0, 0.1) is 0 Å². The number of rotatable bonds is 3. The number of carbonyl (C=O) groups excluding carboxylic acids is 1. The monoisotopic (exact) mass is 285 g/mol. The van der Waals surface area contributed by atoms with Crippen LogP contribution in [0.2, 0.25) is 0 Å². The number of benzene rings is 2. The molecule has 0 bridgehead atoms. The summed E-state index contributed by atoms with van der Waals surface area (Å²) in [5.41, 5.74) is -0.0713. The quantitative estimate of drug-likeness (QED) is 0.693. The summed E-state index contributed by atoms with van der Waals surface area (Å²) in [6.07, 6.45) is 0.654. The van der Waals surface area contributed by atoms with Crippen LogP contribution in [0.5, 0.6) is 0 Å². The maximum absolute atomic E-state index is 12.0. The smallest absolute Gasteiger partial charge is 0.319 e. The third-order valence-corrected chi connectivity index (χ3v) is 3.84. The van der Waals surface area contributed by atoms with Gasteiger partial charge in [0.05, 0.1) is 11.3 Å². The third kappa shape index (κ3) is 3.15. The van der Waals surface area contributed by atoms with Crippen molar-refractivity contribution in [2.45, 2.75) is 12.0 Å². The van der Waals surface area contributed by atoms with Crippen molar-refractivity contribution in [1.82, 2.24) is 10.6 Å². The van der Waals surface area contributed by atoms with Crippen LogP contribution in [0.1, 0.15) is 6.42 Å². The lowest BCUT2D eigenvalue weighted by molar-refractivity contribution is 0.0640. The number of aliphatic hydroxyl groups is 1. The molecule has 21 heavy (non-hydrogen) atoms. The summed E-state index contributed by atoms with van der Waals surface area (Å²) in [7, 11) is 0. The Morgan fingerprint density at radius 1 is 1.24 bits per heavy atom. The SMILES string of the molecule is O=C(NCC1(O)CCNC1)Nc1cccc2ccccc12. The van der Waals surface area contributed by atoms with Crippen LogP contribution in [0.15, 0.2) is 42.5 Å². The van der Waals surface area contributed by atoms with E-state index < -0.39 is 5.60 Å². The average molecular weight is 285 g/mol. The first kappa shape index (κ1) is 13.9. The molecule has 1 heterocycles. The van der Waals surface area contributed by atoms with Gasteiger partial charge in [-0.15, -0.1) is 0 Å². The Morgan fingerprint density at radius 2 is 2.05 bits per heavy atom. The molecule has 0 aromatic heterocycles. The minimum atomic E-state index is -0.837. The van der Waals surface area contributed by atoms with Crippen molar-refractivity contribution in [1.29, 1.82) is 0 Å². The van der Waals surface area contributed by atoms with Gasteiger partial charge in [-0.2, -0.15) is 0 Å². The van der Waals surface area contributed by atoms with E-state index in [0.29, 0.717) is 13.0 Å². The molecule has 5 heteroatoms. The van der Waals surface area contributed by atoms with Gasteiger partial charge in [0.2, 0.25) is 0 Å². The van der Waals surface area contributed by atoms with E-state index in [4.69, 9.17) is 0 Å². The van der Waals surface area contributed by atoms with E-state index in [0.717, 1.165) is 23.0 Å². The number of urea groups is 1. The van der Waals surface area contributed by atoms with E-state index in [2.05, 4.69) is 16.0 Å². The van der Waals surface area contributed by atoms with Gasteiger partial charge in [-0.3, -0.25) is 0 Å². The molecular formula is C16H19N3O2. The number of hydrogen-bond donors (Lipinski definition) is 4. The molecule has 1 fully saturated rings. The van der Waals surface area contributed by atoms with Crippen molar-refractivity contribution >= 4 is 22.5 Å². The van der Waals surface area contributed by atoms with Gasteiger partial charge >= 0.3 is 6.03 Å². The molecule has 0 spiro atoms. The fourth-order valence-electron chi connectivity index (χ4n) is 2.63. The average Bonchev–Trinajstić information content (AvgIpc) is 2.93. The molecule has 2 amide bonds. The summed E-state index contributed by atoms with van der Waals surface area (Å²) in [5, 5.41) is 20.9. The first-order chi connectivity index (χ1) is 10.2. The molecule has 1 aliphatic rings. The zero-order chi connectivity index (χ0) is 14.7. The van der Waals surface area contributed by atoms with Gasteiger partial charge in [-0.25, -0.2) is 4.79 Å². The molecule has 1 aliphatic heterocycles. The second-order valence-electron chi connectivity index (χ2n) is 5.49. The van der Waals surface area contributed by atoms with Crippen molar-refractivity contribution in [2.24, 2.45) is 0 Å². The van der Waals surface area contributed by atoms with Gasteiger partial charge in [0.1, 0.15) is 0 Å². The highest BCUT2D eigenvalue weighted by Crippen LogP contribution is 2.22. The van der Waals surface area contributed by atoms with Crippen LogP contribution in [0.4, 0.5) is 10.5 Å². The Hall–Kier alpha value is -2.11. The number of amides is 2. The summed E-state index contributed by atoms with van der Waals surface area (Å²) >= 11 is 0. The molecule has 3 rings (SSSR count). The second-order valence-corrected chi connectivity index (χ2v) is 5.49. The lowest BCUT2D eigenvalue weighted by Crippen LogP contribution is -2.45. The van der Waals surface area contributed by atoms with Crippen LogP contribution in [-0.4, -0.2) is 36.4 Å². The Labute approximate surface area is 123 Å². The van der Waals surface area contributed by atoms with Crippen molar-refractivity contribution in [3.05, 3.63) is 42.5 Å². The van der Waals surface area contributed by atoms with Gasteiger partial charge in [-0.05, 0) is 24.4 Å². The highest BCUT2D eigenvalue weighted by atomic mass is 16.3. The molecule has 4 N–H and O–H groups in total. The van der Waals surface area contributed by atoms with Gasteiger partial charge < -0.3 is 21.1 Å². The number of fused-ring (bicyclic) bond motifs is 1. The number of β-amino-alcohol motifs (C(OH)–C–C–N with tert-alkyl or cyclic N) is 1. The molecule has 1 saturated heterocycles. The highest BCUT2D eigenvalue weighted by molar-refractivity contribution is 6.01. The van der Waals surface area contributed by atoms with Crippen LogP contribution in [0.3, 0.4) is 0 Å². The zero-order valence-corrected chi connectivity index (χ0v) is 11.7. The lowest BCUT2D eigenvalue weighted by atomic mass is 10.0. The molecule has 5 nitrogen and oxygen atoms in total. The summed E-state index contributed by atoms with van der Waals surface area (Å²) < 4.78 is 0. The van der Waals surface area contributed by atoms with E-state index in [1.54, 1.807) is 0 Å². The molecule has 0 radical (unpaired) electrons. The van der Waals surface area contributed by atoms with Gasteiger partial charge in [0.15, 0.2) is 0 Å². The van der Waals surface area contributed by atoms with Crippen molar-refractivity contribution in [2.75, 3.05) is 25.0 Å². The number of hydrogen-bond acceptors (Lipinski definition) is 3. The molecule has 0 aliphatic carbocycles. The summed E-state index contributed by atoms with van der Waals surface area (Å²) in [6.45, 7) is 1.54. The van der Waals surface area contributed by atoms with E-state index >= 15 is 0 Å². The Morgan fingerprint density at radius 3 is 2.86 bits per heavy atom. The zero-order valence-electron chi connectivity index (χ0n) is 11.7. The molecule has 110 valence electrons. The van der Waals surface area contributed by atoms with E-state index in [-0.39, 0.29) is 12.6 Å². The van der Waals surface area contributed by atoms with E-state index in [9.17, 15) is 9.90 Å². The minimum Gasteiger partial charge on any atom is -0.387 e. The predicted octanol–water partition coefficient (Wildman–Crippen LogP) is 1.69. The first-order valence-corrected chi connectivity index (χ1v) is 7.12. The van der Waals surface area contributed by atoms with Gasteiger partial charge in [-0.1, -0.05) is 36.4 Å². The van der Waals surface area contributed by atoms with Crippen molar-refractivity contribution < 1.29 is 9.90 Å². The first-order valence-electron chi connectivity index (χ1n) is 7.12. The molecule has 2 aromatic carbocycles. The molecule has 1 atom stereocenters. The normalized spacial score (nSPS) is 21.4. The molecule has 2 aromatic rings.